The maximum atomic E-state index is 12.8. The van der Waals surface area contributed by atoms with Gasteiger partial charge in [-0.3, -0.25) is 4.79 Å². The lowest BCUT2D eigenvalue weighted by atomic mass is 10.1. The van der Waals surface area contributed by atoms with Crippen LogP contribution in [0.1, 0.15) is 39.4 Å². The topological polar surface area (TPSA) is 60.9 Å². The summed E-state index contributed by atoms with van der Waals surface area (Å²) in [5.41, 5.74) is 2.78. The summed E-state index contributed by atoms with van der Waals surface area (Å²) >= 11 is 2.98. The fourth-order valence-corrected chi connectivity index (χ4v) is 4.63. The van der Waals surface area contributed by atoms with Crippen LogP contribution in [0.2, 0.25) is 0 Å². The summed E-state index contributed by atoms with van der Waals surface area (Å²) in [4.78, 5) is 12.8. The zero-order chi connectivity index (χ0) is 17.3. The molecule has 0 aromatic carbocycles. The average molecular weight is 361 g/mol. The van der Waals surface area contributed by atoms with Crippen molar-refractivity contribution in [3.8, 4) is 0 Å². The molecule has 0 N–H and O–H groups in total. The molecule has 0 aliphatic carbocycles. The molecule has 0 unspecified atom stereocenters. The summed E-state index contributed by atoms with van der Waals surface area (Å²) in [5.74, 6) is 0.995. The standard InChI is InChI=1S/C17H19N3O2S2/c1-10-8-15(11(2)20(10)9-14-6-5-7-22-14)16(21)12(3)23-17-19-18-13(4)24-17/h5-8,12H,9H2,1-4H3/t12-/m0/s1. The van der Waals surface area contributed by atoms with Gasteiger partial charge < -0.3 is 8.98 Å². The van der Waals surface area contributed by atoms with Gasteiger partial charge in [0.15, 0.2) is 10.1 Å². The van der Waals surface area contributed by atoms with Gasteiger partial charge in [0.25, 0.3) is 0 Å². The molecule has 0 radical (unpaired) electrons. The van der Waals surface area contributed by atoms with Crippen LogP contribution in [0, 0.1) is 20.8 Å². The Kier molecular flexibility index (Phi) is 4.91. The van der Waals surface area contributed by atoms with Crippen molar-refractivity contribution in [2.45, 2.75) is 43.8 Å². The molecule has 0 aliphatic heterocycles. The number of ketones is 1. The summed E-state index contributed by atoms with van der Waals surface area (Å²) in [5, 5.41) is 8.80. The Hall–Kier alpha value is -1.86. The van der Waals surface area contributed by atoms with Gasteiger partial charge in [0.2, 0.25) is 0 Å². The molecular weight excluding hydrogens is 342 g/mol. The van der Waals surface area contributed by atoms with E-state index in [0.29, 0.717) is 6.54 Å². The number of Topliss-reactive ketones (excluding diaryl/α,β-unsaturated/α-hetero) is 1. The van der Waals surface area contributed by atoms with Crippen LogP contribution in [-0.2, 0) is 6.54 Å². The third kappa shape index (κ3) is 3.47. The van der Waals surface area contributed by atoms with Gasteiger partial charge in [-0.25, -0.2) is 0 Å². The van der Waals surface area contributed by atoms with Gasteiger partial charge in [0.1, 0.15) is 10.8 Å². The van der Waals surface area contributed by atoms with Crippen molar-refractivity contribution in [1.29, 1.82) is 0 Å². The first-order chi connectivity index (χ1) is 11.5. The number of nitrogens with zero attached hydrogens (tertiary/aromatic N) is 3. The van der Waals surface area contributed by atoms with Crippen molar-refractivity contribution >= 4 is 28.9 Å². The van der Waals surface area contributed by atoms with Crippen molar-refractivity contribution in [1.82, 2.24) is 14.8 Å². The largest absolute Gasteiger partial charge is 0.467 e. The summed E-state index contributed by atoms with van der Waals surface area (Å²) < 4.78 is 8.36. The molecular formula is C17H19N3O2S2. The number of aryl methyl sites for hydroxylation is 2. The Morgan fingerprint density at radius 1 is 1.38 bits per heavy atom. The predicted octanol–water partition coefficient (Wildman–Crippen LogP) is 4.27. The van der Waals surface area contributed by atoms with Gasteiger partial charge in [-0.1, -0.05) is 23.1 Å². The molecule has 0 amide bonds. The van der Waals surface area contributed by atoms with Crippen LogP contribution in [0.25, 0.3) is 0 Å². The average Bonchev–Trinajstić information content (AvgIpc) is 3.25. The number of thioether (sulfide) groups is 1. The van der Waals surface area contributed by atoms with Crippen molar-refractivity contribution in [3.63, 3.8) is 0 Å². The summed E-state index contributed by atoms with van der Waals surface area (Å²) in [7, 11) is 0. The molecule has 3 heterocycles. The van der Waals surface area contributed by atoms with Gasteiger partial charge >= 0.3 is 0 Å². The van der Waals surface area contributed by atoms with Gasteiger partial charge in [0.05, 0.1) is 18.1 Å². The lowest BCUT2D eigenvalue weighted by Crippen LogP contribution is -2.14. The Morgan fingerprint density at radius 3 is 2.79 bits per heavy atom. The molecule has 0 aliphatic rings. The minimum Gasteiger partial charge on any atom is -0.467 e. The highest BCUT2D eigenvalue weighted by Gasteiger charge is 2.23. The van der Waals surface area contributed by atoms with Crippen LogP contribution in [0.3, 0.4) is 0 Å². The van der Waals surface area contributed by atoms with Crippen LogP contribution >= 0.6 is 23.1 Å². The van der Waals surface area contributed by atoms with E-state index < -0.39 is 0 Å². The van der Waals surface area contributed by atoms with Gasteiger partial charge in [-0.2, -0.15) is 0 Å². The van der Waals surface area contributed by atoms with Crippen LogP contribution in [0.5, 0.6) is 0 Å². The van der Waals surface area contributed by atoms with E-state index in [-0.39, 0.29) is 11.0 Å². The van der Waals surface area contributed by atoms with Crippen LogP contribution in [0.15, 0.2) is 33.2 Å². The van der Waals surface area contributed by atoms with E-state index in [1.54, 1.807) is 6.26 Å². The van der Waals surface area contributed by atoms with E-state index in [0.717, 1.165) is 32.1 Å². The second kappa shape index (κ2) is 6.94. The van der Waals surface area contributed by atoms with Crippen molar-refractivity contribution in [2.24, 2.45) is 0 Å². The number of rotatable bonds is 6. The van der Waals surface area contributed by atoms with Crippen molar-refractivity contribution in [2.75, 3.05) is 0 Å². The zero-order valence-electron chi connectivity index (χ0n) is 14.1. The van der Waals surface area contributed by atoms with Crippen LogP contribution in [-0.4, -0.2) is 25.8 Å². The smallest absolute Gasteiger partial charge is 0.177 e. The van der Waals surface area contributed by atoms with E-state index >= 15 is 0 Å². The van der Waals surface area contributed by atoms with E-state index in [1.165, 1.54) is 23.1 Å². The molecule has 3 aromatic rings. The molecule has 5 nitrogen and oxygen atoms in total. The quantitative estimate of drug-likeness (QED) is 0.485. The fourth-order valence-electron chi connectivity index (χ4n) is 2.60. The number of hydrogen-bond donors (Lipinski definition) is 0. The van der Waals surface area contributed by atoms with Gasteiger partial charge in [0, 0.05) is 17.0 Å². The molecule has 3 rings (SSSR count). The Labute approximate surface area is 149 Å². The third-order valence-corrected chi connectivity index (χ3v) is 5.91. The molecule has 0 fully saturated rings. The van der Waals surface area contributed by atoms with Crippen molar-refractivity contribution in [3.05, 3.63) is 52.2 Å². The van der Waals surface area contributed by atoms with Crippen LogP contribution < -0.4 is 0 Å². The molecule has 126 valence electrons. The monoisotopic (exact) mass is 361 g/mol. The summed E-state index contributed by atoms with van der Waals surface area (Å²) in [6.07, 6.45) is 1.67. The van der Waals surface area contributed by atoms with E-state index in [1.807, 2.05) is 45.9 Å². The van der Waals surface area contributed by atoms with Crippen molar-refractivity contribution < 1.29 is 9.21 Å². The molecule has 0 saturated carbocycles. The normalized spacial score (nSPS) is 12.5. The Morgan fingerprint density at radius 2 is 2.17 bits per heavy atom. The number of carbonyl (C=O) groups is 1. The zero-order valence-corrected chi connectivity index (χ0v) is 15.7. The molecule has 7 heteroatoms. The second-order valence-electron chi connectivity index (χ2n) is 5.66. The van der Waals surface area contributed by atoms with E-state index in [4.69, 9.17) is 4.42 Å². The first kappa shape index (κ1) is 17.0. The number of carbonyl (C=O) groups excluding carboxylic acids is 1. The number of hydrogen-bond acceptors (Lipinski definition) is 6. The predicted molar refractivity (Wildman–Crippen MR) is 96.0 cm³/mol. The van der Waals surface area contributed by atoms with E-state index in [2.05, 4.69) is 14.8 Å². The maximum Gasteiger partial charge on any atom is 0.177 e. The molecule has 3 aromatic heterocycles. The van der Waals surface area contributed by atoms with Gasteiger partial charge in [-0.15, -0.1) is 10.2 Å². The Bertz CT molecular complexity index is 849. The SMILES string of the molecule is Cc1nnc(S[C@@H](C)C(=O)c2cc(C)n(Cc3ccco3)c2C)s1. The number of aromatic nitrogens is 3. The first-order valence-corrected chi connectivity index (χ1v) is 9.35. The summed E-state index contributed by atoms with van der Waals surface area (Å²) in [6.45, 7) is 8.46. The number of furan rings is 1. The molecule has 24 heavy (non-hydrogen) atoms. The minimum absolute atomic E-state index is 0.117. The fraction of sp³-hybridized carbons (Fsp3) is 0.353. The second-order valence-corrected chi connectivity index (χ2v) is 8.43. The highest BCUT2D eigenvalue weighted by molar-refractivity contribution is 8.02. The Balaban J connectivity index is 1.79. The summed E-state index contributed by atoms with van der Waals surface area (Å²) in [6, 6.07) is 5.78. The maximum absolute atomic E-state index is 12.8. The van der Waals surface area contributed by atoms with Crippen LogP contribution in [0.4, 0.5) is 0 Å². The molecule has 0 spiro atoms. The highest BCUT2D eigenvalue weighted by Crippen LogP contribution is 2.29. The highest BCUT2D eigenvalue weighted by atomic mass is 32.2. The lowest BCUT2D eigenvalue weighted by molar-refractivity contribution is 0.0993. The van der Waals surface area contributed by atoms with Gasteiger partial charge in [-0.05, 0) is 45.9 Å². The third-order valence-electron chi connectivity index (χ3n) is 3.89. The molecule has 0 bridgehead atoms. The molecule has 1 atom stereocenters. The van der Waals surface area contributed by atoms with E-state index in [9.17, 15) is 4.79 Å². The molecule has 0 saturated heterocycles. The minimum atomic E-state index is -0.199. The lowest BCUT2D eigenvalue weighted by Gasteiger charge is -2.10. The first-order valence-electron chi connectivity index (χ1n) is 7.65.